The number of benzene rings is 1. The zero-order valence-electron chi connectivity index (χ0n) is 11.4. The number of carbonyl (C=O) groups is 1. The van der Waals surface area contributed by atoms with Crippen LogP contribution in [0.3, 0.4) is 0 Å². The summed E-state index contributed by atoms with van der Waals surface area (Å²) in [5.41, 5.74) is 1.62. The molecule has 1 fully saturated rings. The van der Waals surface area contributed by atoms with E-state index in [-0.39, 0.29) is 5.91 Å². The van der Waals surface area contributed by atoms with Crippen molar-refractivity contribution in [3.63, 3.8) is 0 Å². The largest absolute Gasteiger partial charge is 0.387 e. The molecule has 0 aliphatic carbocycles. The predicted octanol–water partition coefficient (Wildman–Crippen LogP) is 0.768. The normalized spacial score (nSPS) is 22.4. The SMILES string of the molecule is Cc1cccc(CCC(=O)NCC2(O)CCNC2)c1. The van der Waals surface area contributed by atoms with Gasteiger partial charge in [0.2, 0.25) is 5.91 Å². The Balaban J connectivity index is 1.73. The van der Waals surface area contributed by atoms with Crippen LogP contribution in [-0.4, -0.2) is 36.2 Å². The number of rotatable bonds is 5. The minimum absolute atomic E-state index is 0.00170. The van der Waals surface area contributed by atoms with Gasteiger partial charge in [0.1, 0.15) is 0 Å². The van der Waals surface area contributed by atoms with Crippen LogP contribution in [0.25, 0.3) is 0 Å². The molecule has 1 unspecified atom stereocenters. The molecule has 104 valence electrons. The van der Waals surface area contributed by atoms with Crippen LogP contribution < -0.4 is 10.6 Å². The van der Waals surface area contributed by atoms with Gasteiger partial charge < -0.3 is 15.7 Å². The average molecular weight is 262 g/mol. The molecule has 4 nitrogen and oxygen atoms in total. The molecule has 0 spiro atoms. The molecular formula is C15H22N2O2. The monoisotopic (exact) mass is 262 g/mol. The van der Waals surface area contributed by atoms with Gasteiger partial charge in [0.25, 0.3) is 0 Å². The Morgan fingerprint density at radius 3 is 3.05 bits per heavy atom. The van der Waals surface area contributed by atoms with Gasteiger partial charge in [-0.1, -0.05) is 29.8 Å². The fourth-order valence-corrected chi connectivity index (χ4v) is 2.36. The number of nitrogens with one attached hydrogen (secondary N) is 2. The average Bonchev–Trinajstić information content (AvgIpc) is 2.82. The van der Waals surface area contributed by atoms with Crippen LogP contribution in [0.4, 0.5) is 0 Å². The molecule has 2 rings (SSSR count). The summed E-state index contributed by atoms with van der Waals surface area (Å²) >= 11 is 0. The zero-order chi connectivity index (χ0) is 13.7. The molecule has 19 heavy (non-hydrogen) atoms. The Bertz CT molecular complexity index is 440. The molecule has 4 heteroatoms. The van der Waals surface area contributed by atoms with Crippen LogP contribution in [0.15, 0.2) is 24.3 Å². The predicted molar refractivity (Wildman–Crippen MR) is 74.9 cm³/mol. The van der Waals surface area contributed by atoms with Gasteiger partial charge in [-0.25, -0.2) is 0 Å². The van der Waals surface area contributed by atoms with E-state index in [0.29, 0.717) is 25.9 Å². The van der Waals surface area contributed by atoms with E-state index >= 15 is 0 Å². The fraction of sp³-hybridized carbons (Fsp3) is 0.533. The second-order valence-corrected chi connectivity index (χ2v) is 5.42. The quantitative estimate of drug-likeness (QED) is 0.734. The minimum atomic E-state index is -0.765. The third-order valence-electron chi connectivity index (χ3n) is 3.56. The molecule has 1 aliphatic rings. The summed E-state index contributed by atoms with van der Waals surface area (Å²) in [7, 11) is 0. The van der Waals surface area contributed by atoms with Crippen molar-refractivity contribution in [1.82, 2.24) is 10.6 Å². The summed E-state index contributed by atoms with van der Waals surface area (Å²) in [6.07, 6.45) is 1.91. The number of hydrogen-bond donors (Lipinski definition) is 3. The van der Waals surface area contributed by atoms with Gasteiger partial charge in [-0.15, -0.1) is 0 Å². The first-order valence-corrected chi connectivity index (χ1v) is 6.83. The van der Waals surface area contributed by atoms with Crippen molar-refractivity contribution in [1.29, 1.82) is 0 Å². The van der Waals surface area contributed by atoms with E-state index in [1.807, 2.05) is 25.1 Å². The summed E-state index contributed by atoms with van der Waals surface area (Å²) in [5.74, 6) is 0.00170. The van der Waals surface area contributed by atoms with Gasteiger partial charge in [-0.05, 0) is 31.9 Å². The van der Waals surface area contributed by atoms with Crippen molar-refractivity contribution in [2.24, 2.45) is 0 Å². The van der Waals surface area contributed by atoms with Gasteiger partial charge >= 0.3 is 0 Å². The number of amides is 1. The van der Waals surface area contributed by atoms with E-state index in [1.165, 1.54) is 11.1 Å². The molecule has 1 atom stereocenters. The van der Waals surface area contributed by atoms with Crippen molar-refractivity contribution in [3.05, 3.63) is 35.4 Å². The van der Waals surface area contributed by atoms with Crippen LogP contribution >= 0.6 is 0 Å². The van der Waals surface area contributed by atoms with Crippen LogP contribution in [-0.2, 0) is 11.2 Å². The van der Waals surface area contributed by atoms with Crippen LogP contribution in [0.5, 0.6) is 0 Å². The third kappa shape index (κ3) is 4.33. The number of hydrogen-bond acceptors (Lipinski definition) is 3. The molecule has 0 bridgehead atoms. The van der Waals surface area contributed by atoms with Crippen molar-refractivity contribution in [2.45, 2.75) is 31.8 Å². The molecule has 1 aromatic carbocycles. The van der Waals surface area contributed by atoms with Crippen LogP contribution in [0, 0.1) is 6.92 Å². The molecule has 1 heterocycles. The Morgan fingerprint density at radius 2 is 2.37 bits per heavy atom. The Morgan fingerprint density at radius 1 is 1.53 bits per heavy atom. The second kappa shape index (κ2) is 6.17. The van der Waals surface area contributed by atoms with Crippen LogP contribution in [0.2, 0.25) is 0 Å². The van der Waals surface area contributed by atoms with E-state index < -0.39 is 5.60 Å². The standard InChI is InChI=1S/C15H22N2O2/c1-12-3-2-4-13(9-12)5-6-14(18)17-11-15(19)7-8-16-10-15/h2-4,9,16,19H,5-8,10-11H2,1H3,(H,17,18). The van der Waals surface area contributed by atoms with Gasteiger partial charge in [0.05, 0.1) is 5.60 Å². The number of aryl methyl sites for hydroxylation is 2. The molecule has 1 saturated heterocycles. The maximum atomic E-state index is 11.8. The highest BCUT2D eigenvalue weighted by Crippen LogP contribution is 2.12. The molecule has 0 saturated carbocycles. The maximum Gasteiger partial charge on any atom is 0.220 e. The van der Waals surface area contributed by atoms with Gasteiger partial charge in [0.15, 0.2) is 0 Å². The van der Waals surface area contributed by atoms with E-state index in [0.717, 1.165) is 13.0 Å². The highest BCUT2D eigenvalue weighted by Gasteiger charge is 2.30. The van der Waals surface area contributed by atoms with Gasteiger partial charge in [-0.2, -0.15) is 0 Å². The summed E-state index contributed by atoms with van der Waals surface area (Å²) in [6, 6.07) is 8.19. The molecule has 1 aliphatic heterocycles. The first kappa shape index (κ1) is 14.0. The van der Waals surface area contributed by atoms with Gasteiger partial charge in [-0.3, -0.25) is 4.79 Å². The molecular weight excluding hydrogens is 240 g/mol. The van der Waals surface area contributed by atoms with Crippen LogP contribution in [0.1, 0.15) is 24.0 Å². The third-order valence-corrected chi connectivity index (χ3v) is 3.56. The lowest BCUT2D eigenvalue weighted by Gasteiger charge is -2.21. The van der Waals surface area contributed by atoms with E-state index in [4.69, 9.17) is 0 Å². The molecule has 1 aromatic rings. The van der Waals surface area contributed by atoms with E-state index in [9.17, 15) is 9.90 Å². The lowest BCUT2D eigenvalue weighted by Crippen LogP contribution is -2.44. The Kier molecular flexibility index (Phi) is 4.56. The number of aliphatic hydroxyl groups is 1. The maximum absolute atomic E-state index is 11.8. The van der Waals surface area contributed by atoms with E-state index in [1.54, 1.807) is 0 Å². The van der Waals surface area contributed by atoms with Gasteiger partial charge in [0, 0.05) is 19.5 Å². The zero-order valence-corrected chi connectivity index (χ0v) is 11.4. The Hall–Kier alpha value is -1.39. The molecule has 0 radical (unpaired) electrons. The highest BCUT2D eigenvalue weighted by molar-refractivity contribution is 5.76. The minimum Gasteiger partial charge on any atom is -0.387 e. The first-order chi connectivity index (χ1) is 9.07. The summed E-state index contributed by atoms with van der Waals surface area (Å²) < 4.78 is 0. The second-order valence-electron chi connectivity index (χ2n) is 5.42. The smallest absolute Gasteiger partial charge is 0.220 e. The summed E-state index contributed by atoms with van der Waals surface area (Å²) in [6.45, 7) is 3.76. The summed E-state index contributed by atoms with van der Waals surface area (Å²) in [5, 5.41) is 16.0. The van der Waals surface area contributed by atoms with E-state index in [2.05, 4.69) is 16.7 Å². The first-order valence-electron chi connectivity index (χ1n) is 6.83. The fourth-order valence-electron chi connectivity index (χ4n) is 2.36. The van der Waals surface area contributed by atoms with Crippen molar-refractivity contribution >= 4 is 5.91 Å². The van der Waals surface area contributed by atoms with Crippen molar-refractivity contribution < 1.29 is 9.90 Å². The Labute approximate surface area is 114 Å². The van der Waals surface area contributed by atoms with Crippen molar-refractivity contribution in [2.75, 3.05) is 19.6 Å². The summed E-state index contributed by atoms with van der Waals surface area (Å²) in [4.78, 5) is 11.8. The number of carbonyl (C=O) groups excluding carboxylic acids is 1. The molecule has 1 amide bonds. The number of β-amino-alcohol motifs (C(OH)–C–C–N with tert-alkyl or cyclic N) is 1. The van der Waals surface area contributed by atoms with Crippen molar-refractivity contribution in [3.8, 4) is 0 Å². The lowest BCUT2D eigenvalue weighted by atomic mass is 10.0. The highest BCUT2D eigenvalue weighted by atomic mass is 16.3. The lowest BCUT2D eigenvalue weighted by molar-refractivity contribution is -0.122. The molecule has 0 aromatic heterocycles. The topological polar surface area (TPSA) is 61.4 Å². The molecule has 3 N–H and O–H groups in total.